The minimum Gasteiger partial charge on any atom is -0.494 e. The van der Waals surface area contributed by atoms with Crippen LogP contribution in [0.3, 0.4) is 0 Å². The highest BCUT2D eigenvalue weighted by molar-refractivity contribution is 5.19. The van der Waals surface area contributed by atoms with E-state index in [0.29, 0.717) is 0 Å². The van der Waals surface area contributed by atoms with Crippen LogP contribution in [0.25, 0.3) is 0 Å². The quantitative estimate of drug-likeness (QED) is 0.594. The van der Waals surface area contributed by atoms with Gasteiger partial charge in [-0.3, -0.25) is 0 Å². The van der Waals surface area contributed by atoms with E-state index >= 15 is 0 Å². The van der Waals surface area contributed by atoms with Crippen LogP contribution in [-0.2, 0) is 4.74 Å². The van der Waals surface area contributed by atoms with Crippen LogP contribution in [-0.4, -0.2) is 19.8 Å². The van der Waals surface area contributed by atoms with Gasteiger partial charge in [0.1, 0.15) is 5.75 Å². The van der Waals surface area contributed by atoms with E-state index in [9.17, 15) is 0 Å². The van der Waals surface area contributed by atoms with Crippen molar-refractivity contribution in [2.75, 3.05) is 19.8 Å². The number of ether oxygens (including phenoxy) is 2. The van der Waals surface area contributed by atoms with Gasteiger partial charge in [-0.25, -0.2) is 0 Å². The number of unbranched alkanes of at least 4 members (excludes halogenated alkanes) is 3. The van der Waals surface area contributed by atoms with Gasteiger partial charge >= 0.3 is 0 Å². The molecular formula is C14H21O2. The van der Waals surface area contributed by atoms with Crippen molar-refractivity contribution in [3.8, 4) is 5.75 Å². The fraction of sp³-hybridized carbons (Fsp3) is 0.571. The first-order chi connectivity index (χ1) is 7.93. The topological polar surface area (TPSA) is 18.5 Å². The van der Waals surface area contributed by atoms with Gasteiger partial charge in [-0.05, 0) is 44.4 Å². The third-order valence-electron chi connectivity index (χ3n) is 2.33. The van der Waals surface area contributed by atoms with Gasteiger partial charge in [0.15, 0.2) is 0 Å². The SMILES string of the molecule is CCOCCCCCCOc1c[c]ccc1. The van der Waals surface area contributed by atoms with Gasteiger partial charge in [0.05, 0.1) is 6.61 Å². The summed E-state index contributed by atoms with van der Waals surface area (Å²) in [6.45, 7) is 4.55. The van der Waals surface area contributed by atoms with Crippen molar-refractivity contribution in [1.82, 2.24) is 0 Å². The van der Waals surface area contributed by atoms with E-state index in [1.165, 1.54) is 12.8 Å². The molecule has 0 atom stereocenters. The molecule has 0 unspecified atom stereocenters. The molecule has 0 aliphatic heterocycles. The predicted octanol–water partition coefficient (Wildman–Crippen LogP) is 3.46. The Labute approximate surface area is 98.6 Å². The van der Waals surface area contributed by atoms with Crippen molar-refractivity contribution in [2.45, 2.75) is 32.6 Å². The maximum atomic E-state index is 5.57. The Morgan fingerprint density at radius 1 is 1.12 bits per heavy atom. The highest BCUT2D eigenvalue weighted by Gasteiger charge is 1.93. The van der Waals surface area contributed by atoms with Gasteiger partial charge in [-0.15, -0.1) is 0 Å². The number of hydrogen-bond acceptors (Lipinski definition) is 2. The molecule has 0 heterocycles. The average molecular weight is 221 g/mol. The van der Waals surface area contributed by atoms with Crippen molar-refractivity contribution >= 4 is 0 Å². The lowest BCUT2D eigenvalue weighted by atomic mass is 10.2. The lowest BCUT2D eigenvalue weighted by molar-refractivity contribution is 0.142. The van der Waals surface area contributed by atoms with Crippen LogP contribution in [0.2, 0.25) is 0 Å². The Balaban J connectivity index is 1.89. The third-order valence-corrected chi connectivity index (χ3v) is 2.33. The van der Waals surface area contributed by atoms with E-state index in [4.69, 9.17) is 9.47 Å². The summed E-state index contributed by atoms with van der Waals surface area (Å²) in [6, 6.07) is 10.6. The molecule has 2 heteroatoms. The number of hydrogen-bond donors (Lipinski definition) is 0. The van der Waals surface area contributed by atoms with Gasteiger partial charge in [-0.1, -0.05) is 18.6 Å². The first-order valence-electron chi connectivity index (χ1n) is 6.10. The van der Waals surface area contributed by atoms with Crippen molar-refractivity contribution in [1.29, 1.82) is 0 Å². The van der Waals surface area contributed by atoms with Crippen molar-refractivity contribution in [2.24, 2.45) is 0 Å². The zero-order valence-electron chi connectivity index (χ0n) is 10.1. The van der Waals surface area contributed by atoms with E-state index in [1.807, 2.05) is 31.2 Å². The van der Waals surface area contributed by atoms with Crippen LogP contribution >= 0.6 is 0 Å². The zero-order valence-corrected chi connectivity index (χ0v) is 10.1. The number of benzene rings is 1. The molecule has 0 bridgehead atoms. The fourth-order valence-corrected chi connectivity index (χ4v) is 1.46. The van der Waals surface area contributed by atoms with Crippen LogP contribution in [0.1, 0.15) is 32.6 Å². The van der Waals surface area contributed by atoms with E-state index < -0.39 is 0 Å². The molecule has 0 N–H and O–H groups in total. The third kappa shape index (κ3) is 6.46. The summed E-state index contributed by atoms with van der Waals surface area (Å²) >= 11 is 0. The molecule has 1 radical (unpaired) electrons. The van der Waals surface area contributed by atoms with Gasteiger partial charge < -0.3 is 9.47 Å². The molecular weight excluding hydrogens is 200 g/mol. The molecule has 0 saturated carbocycles. The molecule has 0 saturated heterocycles. The molecule has 1 aromatic rings. The lowest BCUT2D eigenvalue weighted by Crippen LogP contribution is -1.98. The van der Waals surface area contributed by atoms with E-state index in [-0.39, 0.29) is 0 Å². The molecule has 1 aromatic carbocycles. The minimum absolute atomic E-state index is 0.798. The van der Waals surface area contributed by atoms with Crippen LogP contribution in [0.15, 0.2) is 24.3 Å². The molecule has 1 rings (SSSR count). The van der Waals surface area contributed by atoms with Gasteiger partial charge in [0.25, 0.3) is 0 Å². The van der Waals surface area contributed by atoms with Crippen molar-refractivity contribution in [3.63, 3.8) is 0 Å². The standard InChI is InChI=1S/C14H21O2/c1-2-15-12-8-3-4-9-13-16-14-10-6-5-7-11-14/h5-6,10-11H,2-4,8-9,12-13H2,1H3. The normalized spacial score (nSPS) is 10.3. The van der Waals surface area contributed by atoms with Crippen molar-refractivity contribution < 1.29 is 9.47 Å². The first kappa shape index (κ1) is 13.0. The lowest BCUT2D eigenvalue weighted by Gasteiger charge is -2.05. The molecule has 0 aliphatic rings. The average Bonchev–Trinajstić information content (AvgIpc) is 2.34. The second-order valence-electron chi connectivity index (χ2n) is 3.70. The van der Waals surface area contributed by atoms with Gasteiger partial charge in [-0.2, -0.15) is 0 Å². The summed E-state index contributed by atoms with van der Waals surface area (Å²) in [4.78, 5) is 0. The molecule has 0 aromatic heterocycles. The highest BCUT2D eigenvalue weighted by atomic mass is 16.5. The molecule has 89 valence electrons. The van der Waals surface area contributed by atoms with Crippen LogP contribution in [0.4, 0.5) is 0 Å². The van der Waals surface area contributed by atoms with Crippen LogP contribution in [0, 0.1) is 6.07 Å². The maximum Gasteiger partial charge on any atom is 0.119 e. The summed E-state index contributed by atoms with van der Waals surface area (Å²) in [5, 5.41) is 0. The summed E-state index contributed by atoms with van der Waals surface area (Å²) in [5.41, 5.74) is 0. The molecule has 16 heavy (non-hydrogen) atoms. The monoisotopic (exact) mass is 221 g/mol. The van der Waals surface area contributed by atoms with Crippen LogP contribution < -0.4 is 4.74 Å². The summed E-state index contributed by atoms with van der Waals surface area (Å²) in [7, 11) is 0. The van der Waals surface area contributed by atoms with Crippen LogP contribution in [0.5, 0.6) is 5.75 Å². The molecule has 2 nitrogen and oxygen atoms in total. The largest absolute Gasteiger partial charge is 0.494 e. The predicted molar refractivity (Wildman–Crippen MR) is 65.7 cm³/mol. The van der Waals surface area contributed by atoms with Gasteiger partial charge in [0.2, 0.25) is 0 Å². The summed E-state index contributed by atoms with van der Waals surface area (Å²) in [6.07, 6.45) is 4.71. The second kappa shape index (κ2) is 9.22. The Bertz CT molecular complexity index is 246. The zero-order chi connectivity index (χ0) is 11.5. The molecule has 0 spiro atoms. The van der Waals surface area contributed by atoms with Crippen molar-refractivity contribution in [3.05, 3.63) is 30.3 Å². The Kier molecular flexibility index (Phi) is 7.52. The minimum atomic E-state index is 0.798. The van der Waals surface area contributed by atoms with E-state index in [1.54, 1.807) is 0 Å². The Morgan fingerprint density at radius 3 is 2.62 bits per heavy atom. The Hall–Kier alpha value is -1.02. The fourth-order valence-electron chi connectivity index (χ4n) is 1.46. The summed E-state index contributed by atoms with van der Waals surface area (Å²) in [5.74, 6) is 0.914. The second-order valence-corrected chi connectivity index (χ2v) is 3.70. The molecule has 0 amide bonds. The Morgan fingerprint density at radius 2 is 1.94 bits per heavy atom. The summed E-state index contributed by atoms with van der Waals surface area (Å²) < 4.78 is 10.8. The highest BCUT2D eigenvalue weighted by Crippen LogP contribution is 2.09. The molecule has 0 aliphatic carbocycles. The first-order valence-corrected chi connectivity index (χ1v) is 6.10. The molecule has 0 fully saturated rings. The number of rotatable bonds is 9. The smallest absolute Gasteiger partial charge is 0.119 e. The van der Waals surface area contributed by atoms with Gasteiger partial charge in [0, 0.05) is 13.2 Å². The van der Waals surface area contributed by atoms with E-state index in [0.717, 1.165) is 38.4 Å². The maximum absolute atomic E-state index is 5.57. The van der Waals surface area contributed by atoms with E-state index in [2.05, 4.69) is 6.07 Å².